The molecule has 0 spiro atoms. The fourth-order valence-electron chi connectivity index (χ4n) is 14.1. The van der Waals surface area contributed by atoms with Gasteiger partial charge in [-0.3, -0.25) is 0 Å². The first-order valence-electron chi connectivity index (χ1n) is 29.3. The lowest BCUT2D eigenvalue weighted by atomic mass is 9.32. The van der Waals surface area contributed by atoms with Gasteiger partial charge in [-0.15, -0.1) is 0 Å². The van der Waals surface area contributed by atoms with E-state index in [1.54, 1.807) is 0 Å². The smallest absolute Gasteiger partial charge is 0.252 e. The molecule has 0 fully saturated rings. The largest absolute Gasteiger partial charge is 0.311 e. The van der Waals surface area contributed by atoms with Gasteiger partial charge in [0.25, 0.3) is 6.71 Å². The maximum Gasteiger partial charge on any atom is 0.252 e. The SMILES string of the molecule is CC(C)(C)c1ccc(N2c3ccc(C(C)(C)c4ccccc4)cc3B3c4cc5c(cc4N(c4ccc6c(c4)C(C)(C)CCC6(C)C)c4cc(C(C)(C)C)cc2c43)C(C)(C)CCC5(C)C)c(-c2ccc(-c3ccccc3)cc2)c1. The number of fused-ring (bicyclic) bond motifs is 6. The molecule has 2 nitrogen and oxygen atoms in total. The summed E-state index contributed by atoms with van der Waals surface area (Å²) in [5, 5.41) is 0. The number of hydrogen-bond donors (Lipinski definition) is 0. The van der Waals surface area contributed by atoms with Crippen molar-refractivity contribution in [1.82, 2.24) is 0 Å². The Hall–Kier alpha value is -6.58. The highest BCUT2D eigenvalue weighted by Crippen LogP contribution is 2.54. The van der Waals surface area contributed by atoms with Gasteiger partial charge in [-0.1, -0.05) is 226 Å². The lowest BCUT2D eigenvalue weighted by molar-refractivity contribution is 0.332. The Morgan fingerprint density at radius 2 is 0.833 bits per heavy atom. The predicted octanol–water partition coefficient (Wildman–Crippen LogP) is 18.7. The molecule has 0 unspecified atom stereocenters. The van der Waals surface area contributed by atoms with Crippen LogP contribution >= 0.6 is 0 Å². The molecule has 0 aromatic heterocycles. The van der Waals surface area contributed by atoms with Crippen LogP contribution in [0.2, 0.25) is 0 Å². The molecule has 78 heavy (non-hydrogen) atoms. The van der Waals surface area contributed by atoms with E-state index in [0.717, 1.165) is 12.8 Å². The second-order valence-electron chi connectivity index (χ2n) is 29.2. The molecular weight excluding hydrogens is 940 g/mol. The van der Waals surface area contributed by atoms with Crippen LogP contribution in [0, 0.1) is 0 Å². The van der Waals surface area contributed by atoms with Crippen molar-refractivity contribution in [2.24, 2.45) is 0 Å². The van der Waals surface area contributed by atoms with Crippen LogP contribution in [0.3, 0.4) is 0 Å². The molecule has 2 aliphatic carbocycles. The first-order chi connectivity index (χ1) is 36.7. The number of nitrogens with zero attached hydrogens (tertiary/aromatic N) is 2. The van der Waals surface area contributed by atoms with Gasteiger partial charge in [-0.25, -0.2) is 0 Å². The zero-order valence-electron chi connectivity index (χ0n) is 49.9. The van der Waals surface area contributed by atoms with E-state index in [4.69, 9.17) is 0 Å². The molecule has 0 N–H and O–H groups in total. The summed E-state index contributed by atoms with van der Waals surface area (Å²) >= 11 is 0. The van der Waals surface area contributed by atoms with Crippen molar-refractivity contribution in [3.8, 4) is 22.3 Å². The van der Waals surface area contributed by atoms with E-state index in [2.05, 4.69) is 284 Å². The Morgan fingerprint density at radius 3 is 1.44 bits per heavy atom. The zero-order valence-corrected chi connectivity index (χ0v) is 49.9. The maximum absolute atomic E-state index is 2.74. The quantitative estimate of drug-likeness (QED) is 0.153. The van der Waals surface area contributed by atoms with Crippen LogP contribution in [0.4, 0.5) is 34.1 Å². The van der Waals surface area contributed by atoms with E-state index in [0.29, 0.717) is 0 Å². The zero-order chi connectivity index (χ0) is 55.3. The third kappa shape index (κ3) is 8.42. The van der Waals surface area contributed by atoms with Gasteiger partial charge in [-0.2, -0.15) is 0 Å². The Kier molecular flexibility index (Phi) is 11.8. The molecule has 8 aromatic rings. The summed E-state index contributed by atoms with van der Waals surface area (Å²) in [7, 11) is 0. The summed E-state index contributed by atoms with van der Waals surface area (Å²) in [6.07, 6.45) is 4.67. The number of anilines is 6. The highest BCUT2D eigenvalue weighted by atomic mass is 15.2. The molecule has 12 rings (SSSR count). The summed E-state index contributed by atoms with van der Waals surface area (Å²) in [5.74, 6) is 0. The molecule has 0 saturated carbocycles. The normalized spacial score (nSPS) is 17.6. The maximum atomic E-state index is 2.74. The first-order valence-corrected chi connectivity index (χ1v) is 29.3. The van der Waals surface area contributed by atoms with Crippen molar-refractivity contribution in [3.05, 3.63) is 208 Å². The third-order valence-corrected chi connectivity index (χ3v) is 19.6. The molecule has 2 aliphatic heterocycles. The third-order valence-electron chi connectivity index (χ3n) is 19.6. The minimum Gasteiger partial charge on any atom is -0.311 e. The molecule has 396 valence electrons. The van der Waals surface area contributed by atoms with E-state index < -0.39 is 0 Å². The summed E-state index contributed by atoms with van der Waals surface area (Å²) < 4.78 is 0. The average molecular weight is 1020 g/mol. The van der Waals surface area contributed by atoms with Crippen LogP contribution < -0.4 is 26.2 Å². The highest BCUT2D eigenvalue weighted by Gasteiger charge is 2.48. The second-order valence-corrected chi connectivity index (χ2v) is 29.2. The van der Waals surface area contributed by atoms with E-state index in [1.165, 1.54) is 130 Å². The van der Waals surface area contributed by atoms with Crippen LogP contribution in [0.25, 0.3) is 22.3 Å². The number of hydrogen-bond acceptors (Lipinski definition) is 2. The molecular formula is C75H83BN2. The Morgan fingerprint density at radius 1 is 0.346 bits per heavy atom. The van der Waals surface area contributed by atoms with Crippen molar-refractivity contribution in [2.75, 3.05) is 9.80 Å². The lowest BCUT2D eigenvalue weighted by Crippen LogP contribution is -2.62. The molecule has 0 atom stereocenters. The monoisotopic (exact) mass is 1020 g/mol. The fourth-order valence-corrected chi connectivity index (χ4v) is 14.1. The Bertz CT molecular complexity index is 3670. The lowest BCUT2D eigenvalue weighted by Gasteiger charge is -2.48. The van der Waals surface area contributed by atoms with Crippen LogP contribution in [-0.2, 0) is 37.9 Å². The van der Waals surface area contributed by atoms with Gasteiger partial charge in [0.15, 0.2) is 0 Å². The number of benzene rings is 8. The minimum atomic E-state index is -0.255. The summed E-state index contributed by atoms with van der Waals surface area (Å²) in [6, 6.07) is 64.4. The van der Waals surface area contributed by atoms with Gasteiger partial charge in [0.1, 0.15) is 0 Å². The number of rotatable bonds is 6. The van der Waals surface area contributed by atoms with Gasteiger partial charge in [0, 0.05) is 39.4 Å². The molecule has 0 amide bonds. The van der Waals surface area contributed by atoms with E-state index in [1.807, 2.05) is 0 Å². The van der Waals surface area contributed by atoms with Crippen molar-refractivity contribution in [2.45, 2.75) is 174 Å². The van der Waals surface area contributed by atoms with Crippen molar-refractivity contribution < 1.29 is 0 Å². The van der Waals surface area contributed by atoms with Crippen LogP contribution in [0.5, 0.6) is 0 Å². The van der Waals surface area contributed by atoms with Gasteiger partial charge in [0.2, 0.25) is 0 Å². The van der Waals surface area contributed by atoms with E-state index in [-0.39, 0.29) is 44.6 Å². The summed E-state index contributed by atoms with van der Waals surface area (Å²) in [4.78, 5) is 5.43. The van der Waals surface area contributed by atoms with Crippen molar-refractivity contribution >= 4 is 57.2 Å². The van der Waals surface area contributed by atoms with Gasteiger partial charge in [-0.05, 0) is 184 Å². The molecule has 4 aliphatic rings. The average Bonchev–Trinajstić information content (AvgIpc) is 3.59. The fraction of sp³-hybridized carbons (Fsp3) is 0.360. The van der Waals surface area contributed by atoms with Crippen LogP contribution in [0.1, 0.15) is 181 Å². The van der Waals surface area contributed by atoms with Crippen molar-refractivity contribution in [3.63, 3.8) is 0 Å². The van der Waals surface area contributed by atoms with Gasteiger partial charge in [0.05, 0.1) is 5.69 Å². The van der Waals surface area contributed by atoms with Crippen LogP contribution in [0.15, 0.2) is 164 Å². The van der Waals surface area contributed by atoms with E-state index >= 15 is 0 Å². The Labute approximate surface area is 469 Å². The minimum absolute atomic E-state index is 0.0196. The first kappa shape index (κ1) is 52.1. The molecule has 0 bridgehead atoms. The van der Waals surface area contributed by atoms with Crippen molar-refractivity contribution in [1.29, 1.82) is 0 Å². The van der Waals surface area contributed by atoms with Gasteiger partial charge >= 0.3 is 0 Å². The molecule has 0 saturated heterocycles. The summed E-state index contributed by atoms with van der Waals surface area (Å²) in [5.41, 5.74) is 27.6. The highest BCUT2D eigenvalue weighted by molar-refractivity contribution is 7.00. The summed E-state index contributed by atoms with van der Waals surface area (Å²) in [6.45, 7) is 38.9. The molecule has 8 aromatic carbocycles. The molecule has 2 heterocycles. The second kappa shape index (κ2) is 17.7. The van der Waals surface area contributed by atoms with Crippen LogP contribution in [-0.4, -0.2) is 6.71 Å². The van der Waals surface area contributed by atoms with E-state index in [9.17, 15) is 0 Å². The Balaban J connectivity index is 1.21. The molecule has 3 heteroatoms. The topological polar surface area (TPSA) is 6.48 Å². The standard InChI is InChI=1S/C75H83BN2/c1-69(2,3)52-31-35-63(56(41-52)50-29-27-49(28-30-50)48-23-19-17-20-24-48)78-64-36-32-53(75(15,16)51-25-21-18-22-26-51)42-61(64)76-62-46-59-60(74(13,14)40-39-73(59,11)12)47-65(62)77(66-43-54(70(4,5)6)44-67(78)68(66)76)55-33-34-57-58(45-55)72(9,10)38-37-71(57,7)8/h17-36,41-47H,37-40H2,1-16H3. The van der Waals surface area contributed by atoms with Gasteiger partial charge < -0.3 is 9.80 Å². The predicted molar refractivity (Wildman–Crippen MR) is 338 cm³/mol. The molecule has 0 radical (unpaired) electrons.